The molecule has 0 aliphatic rings. The van der Waals surface area contributed by atoms with Gasteiger partial charge in [0.05, 0.1) is 17.3 Å². The summed E-state index contributed by atoms with van der Waals surface area (Å²) in [6.07, 6.45) is 0. The molecule has 0 bridgehead atoms. The van der Waals surface area contributed by atoms with E-state index in [1.165, 1.54) is 0 Å². The first kappa shape index (κ1) is 13.4. The van der Waals surface area contributed by atoms with E-state index >= 15 is 0 Å². The molecule has 1 rings (SSSR count). The average molecular weight is 221 g/mol. The van der Waals surface area contributed by atoms with Crippen molar-refractivity contribution in [2.24, 2.45) is 4.99 Å². The van der Waals surface area contributed by atoms with Crippen LogP contribution in [0.2, 0.25) is 0 Å². The third-order valence-electron chi connectivity index (χ3n) is 1.59. The molecule has 0 unspecified atom stereocenters. The van der Waals surface area contributed by atoms with Gasteiger partial charge in [0.2, 0.25) is 0 Å². The van der Waals surface area contributed by atoms with Crippen LogP contribution < -0.4 is 0 Å². The Labute approximate surface area is 95.5 Å². The van der Waals surface area contributed by atoms with Crippen molar-refractivity contribution in [3.63, 3.8) is 0 Å². The van der Waals surface area contributed by atoms with Gasteiger partial charge in [0.15, 0.2) is 0 Å². The van der Waals surface area contributed by atoms with Crippen LogP contribution in [-0.2, 0) is 0 Å². The molecule has 78 valence electrons. The number of halogens is 1. The van der Waals surface area contributed by atoms with Gasteiger partial charge in [0.1, 0.15) is 0 Å². The van der Waals surface area contributed by atoms with Crippen molar-refractivity contribution < 1.29 is 0 Å². The number of nitriles is 1. The van der Waals surface area contributed by atoms with Crippen LogP contribution in [0.4, 0.5) is 5.69 Å². The zero-order valence-corrected chi connectivity index (χ0v) is 9.67. The maximum atomic E-state index is 8.64. The molecule has 0 radical (unpaired) electrons. The van der Waals surface area contributed by atoms with Gasteiger partial charge >= 0.3 is 0 Å². The Bertz CT molecular complexity index is 403. The van der Waals surface area contributed by atoms with Gasteiger partial charge in [0.25, 0.3) is 0 Å². The highest BCUT2D eigenvalue weighted by Gasteiger charge is 2.03. The molecular formula is C12H13ClN2. The Morgan fingerprint density at radius 3 is 2.47 bits per heavy atom. The Kier molecular flexibility index (Phi) is 6.08. The summed E-state index contributed by atoms with van der Waals surface area (Å²) >= 11 is 5.72. The molecule has 0 saturated heterocycles. The molecule has 0 saturated carbocycles. The lowest BCUT2D eigenvalue weighted by Crippen LogP contribution is -1.81. The maximum absolute atomic E-state index is 8.64. The van der Waals surface area contributed by atoms with Crippen LogP contribution in [0.1, 0.15) is 25.0 Å². The van der Waals surface area contributed by atoms with E-state index in [-0.39, 0.29) is 0 Å². The molecule has 0 N–H and O–H groups in total. The molecule has 0 atom stereocenters. The van der Waals surface area contributed by atoms with Crippen molar-refractivity contribution in [3.8, 4) is 6.07 Å². The second kappa shape index (κ2) is 6.80. The molecule has 0 amide bonds. The first-order valence-corrected chi connectivity index (χ1v) is 4.92. The van der Waals surface area contributed by atoms with Crippen LogP contribution in [0.3, 0.4) is 0 Å². The van der Waals surface area contributed by atoms with Crippen LogP contribution in [0.5, 0.6) is 0 Å². The fraction of sp³-hybridized carbons (Fsp3) is 0.167. The summed E-state index contributed by atoms with van der Waals surface area (Å²) in [6, 6.07) is 7.00. The topological polar surface area (TPSA) is 36.1 Å². The highest BCUT2D eigenvalue weighted by molar-refractivity contribution is 6.48. The molecule has 1 aromatic carbocycles. The first-order valence-electron chi connectivity index (χ1n) is 4.54. The smallest absolute Gasteiger partial charge is 0.0991 e. The monoisotopic (exact) mass is 220 g/mol. The van der Waals surface area contributed by atoms with Gasteiger partial charge in [-0.1, -0.05) is 32.0 Å². The molecule has 2 nitrogen and oxygen atoms in total. The number of rotatable bonds is 2. The minimum atomic E-state index is 0.361. The second-order valence-electron chi connectivity index (χ2n) is 2.41. The third kappa shape index (κ3) is 3.57. The predicted octanol–water partition coefficient (Wildman–Crippen LogP) is 4.13. The lowest BCUT2D eigenvalue weighted by Gasteiger charge is -2.02. The van der Waals surface area contributed by atoms with Crippen molar-refractivity contribution in [1.29, 1.82) is 5.26 Å². The highest BCUT2D eigenvalue weighted by atomic mass is 35.5. The fourth-order valence-corrected chi connectivity index (χ4v) is 1.11. The van der Waals surface area contributed by atoms with Crippen LogP contribution in [0.25, 0.3) is 5.03 Å². The maximum Gasteiger partial charge on any atom is 0.0991 e. The lowest BCUT2D eigenvalue weighted by atomic mass is 10.1. The molecule has 0 aromatic heterocycles. The van der Waals surface area contributed by atoms with E-state index in [0.29, 0.717) is 21.8 Å². The Morgan fingerprint density at radius 1 is 1.47 bits per heavy atom. The zero-order valence-electron chi connectivity index (χ0n) is 8.92. The Balaban J connectivity index is 0.000000921. The number of nitrogens with zero attached hydrogens (tertiary/aromatic N) is 2. The molecule has 15 heavy (non-hydrogen) atoms. The summed E-state index contributed by atoms with van der Waals surface area (Å²) in [4.78, 5) is 3.76. The summed E-state index contributed by atoms with van der Waals surface area (Å²) in [5, 5.41) is 9.00. The van der Waals surface area contributed by atoms with E-state index in [9.17, 15) is 0 Å². The molecule has 3 heteroatoms. The predicted molar refractivity (Wildman–Crippen MR) is 66.6 cm³/mol. The highest BCUT2D eigenvalue weighted by Crippen LogP contribution is 2.28. The van der Waals surface area contributed by atoms with E-state index in [0.717, 1.165) is 0 Å². The van der Waals surface area contributed by atoms with E-state index in [1.807, 2.05) is 19.9 Å². The van der Waals surface area contributed by atoms with Gasteiger partial charge < -0.3 is 0 Å². The number of hydrogen-bond donors (Lipinski definition) is 0. The summed E-state index contributed by atoms with van der Waals surface area (Å²) in [6.45, 7) is 11.0. The minimum absolute atomic E-state index is 0.361. The van der Waals surface area contributed by atoms with Crippen molar-refractivity contribution in [2.45, 2.75) is 13.8 Å². The molecule has 0 aliphatic heterocycles. The summed E-state index contributed by atoms with van der Waals surface area (Å²) in [5.74, 6) is 0. The van der Waals surface area contributed by atoms with E-state index in [1.54, 1.807) is 18.2 Å². The minimum Gasteiger partial charge on any atom is -0.264 e. The average Bonchev–Trinajstić information content (AvgIpc) is 2.30. The van der Waals surface area contributed by atoms with Crippen molar-refractivity contribution in [2.75, 3.05) is 0 Å². The number of benzene rings is 1. The van der Waals surface area contributed by atoms with Crippen LogP contribution in [-0.4, -0.2) is 6.72 Å². The van der Waals surface area contributed by atoms with Gasteiger partial charge in [-0.05, 0) is 24.9 Å². The van der Waals surface area contributed by atoms with Crippen molar-refractivity contribution in [1.82, 2.24) is 0 Å². The van der Waals surface area contributed by atoms with Gasteiger partial charge in [-0.3, -0.25) is 4.99 Å². The Morgan fingerprint density at radius 2 is 2.07 bits per heavy atom. The van der Waals surface area contributed by atoms with E-state index in [4.69, 9.17) is 16.9 Å². The van der Waals surface area contributed by atoms with E-state index in [2.05, 4.69) is 18.3 Å². The fourth-order valence-electron chi connectivity index (χ4n) is 0.961. The van der Waals surface area contributed by atoms with Crippen LogP contribution in [0, 0.1) is 11.3 Å². The third-order valence-corrected chi connectivity index (χ3v) is 1.79. The quantitative estimate of drug-likeness (QED) is 0.691. The standard InChI is InChI=1S/C10H7ClN2.C2H6/c1-7(11)9-5-8(6-12)3-4-10(9)13-2;1-2/h3-5H,1-2H2;1-2H3. The molecule has 0 spiro atoms. The van der Waals surface area contributed by atoms with Crippen molar-refractivity contribution in [3.05, 3.63) is 35.9 Å². The molecule has 0 aliphatic carbocycles. The van der Waals surface area contributed by atoms with Gasteiger partial charge in [0, 0.05) is 10.6 Å². The molecule has 0 fully saturated rings. The second-order valence-corrected chi connectivity index (χ2v) is 2.86. The lowest BCUT2D eigenvalue weighted by molar-refractivity contribution is 1.45. The zero-order chi connectivity index (χ0) is 11.8. The van der Waals surface area contributed by atoms with Crippen molar-refractivity contribution >= 4 is 29.0 Å². The molecular weight excluding hydrogens is 208 g/mol. The largest absolute Gasteiger partial charge is 0.264 e. The summed E-state index contributed by atoms with van der Waals surface area (Å²) in [7, 11) is 0. The normalized spacial score (nSPS) is 8.13. The van der Waals surface area contributed by atoms with Gasteiger partial charge in [-0.25, -0.2) is 0 Å². The molecule has 1 aromatic rings. The van der Waals surface area contributed by atoms with Crippen LogP contribution in [0.15, 0.2) is 29.8 Å². The van der Waals surface area contributed by atoms with Gasteiger partial charge in [-0.15, -0.1) is 0 Å². The van der Waals surface area contributed by atoms with Crippen LogP contribution >= 0.6 is 11.6 Å². The van der Waals surface area contributed by atoms with Gasteiger partial charge in [-0.2, -0.15) is 5.26 Å². The number of hydrogen-bond acceptors (Lipinski definition) is 2. The summed E-state index contributed by atoms with van der Waals surface area (Å²) in [5.41, 5.74) is 1.82. The molecule has 0 heterocycles. The SMILES string of the molecule is C=Nc1ccc(C#N)cc1C(=C)Cl.CC. The summed E-state index contributed by atoms with van der Waals surface area (Å²) < 4.78 is 0. The number of aliphatic imine (C=N–C) groups is 1. The van der Waals surface area contributed by atoms with E-state index < -0.39 is 0 Å². The Hall–Kier alpha value is -1.59. The first-order chi connectivity index (χ1) is 7.19.